The van der Waals surface area contributed by atoms with Gasteiger partial charge in [-0.25, -0.2) is 4.98 Å². The van der Waals surface area contributed by atoms with Gasteiger partial charge >= 0.3 is 0 Å². The Morgan fingerprint density at radius 2 is 1.65 bits per heavy atom. The number of rotatable bonds is 7. The summed E-state index contributed by atoms with van der Waals surface area (Å²) in [6.07, 6.45) is 4.50. The van der Waals surface area contributed by atoms with Crippen molar-refractivity contribution in [3.05, 3.63) is 60.4 Å². The van der Waals surface area contributed by atoms with Crippen LogP contribution in [0.2, 0.25) is 0 Å². The van der Waals surface area contributed by atoms with Gasteiger partial charge in [-0.15, -0.1) is 0 Å². The lowest BCUT2D eigenvalue weighted by Gasteiger charge is -2.35. The minimum Gasteiger partial charge on any atom is -0.486 e. The highest BCUT2D eigenvalue weighted by molar-refractivity contribution is 5.78. The van der Waals surface area contributed by atoms with Crippen LogP contribution in [0.1, 0.15) is 38.4 Å². The average Bonchev–Trinajstić information content (AvgIpc) is 3.22. The lowest BCUT2D eigenvalue weighted by molar-refractivity contribution is -0.134. The molecular weight excluding hydrogens is 424 g/mol. The van der Waals surface area contributed by atoms with Gasteiger partial charge in [0.25, 0.3) is 0 Å². The average molecular weight is 461 g/mol. The monoisotopic (exact) mass is 460 g/mol. The van der Waals surface area contributed by atoms with E-state index in [9.17, 15) is 4.79 Å². The summed E-state index contributed by atoms with van der Waals surface area (Å²) in [6.45, 7) is 8.10. The lowest BCUT2D eigenvalue weighted by atomic mass is 9.96. The molecule has 0 N–H and O–H groups in total. The van der Waals surface area contributed by atoms with Gasteiger partial charge in [0.2, 0.25) is 5.91 Å². The maximum atomic E-state index is 12.7. The molecule has 0 unspecified atom stereocenters. The summed E-state index contributed by atoms with van der Waals surface area (Å²) in [5, 5.41) is 0. The van der Waals surface area contributed by atoms with Crippen LogP contribution in [-0.2, 0) is 17.9 Å². The number of hydrogen-bond acceptors (Lipinski definition) is 4. The molecule has 1 aromatic heterocycles. The van der Waals surface area contributed by atoms with Crippen molar-refractivity contribution in [1.82, 2.24) is 19.4 Å². The number of piperidine rings is 2. The van der Waals surface area contributed by atoms with Gasteiger partial charge in [0.05, 0.1) is 17.6 Å². The first kappa shape index (κ1) is 22.9. The largest absolute Gasteiger partial charge is 0.486 e. The Bertz CT molecular complexity index is 1080. The molecule has 3 aromatic rings. The minimum atomic E-state index is 0.311. The second-order valence-electron chi connectivity index (χ2n) is 10.0. The Labute approximate surface area is 202 Å². The first-order valence-electron chi connectivity index (χ1n) is 12.8. The number of hydrogen-bond donors (Lipinski definition) is 0. The van der Waals surface area contributed by atoms with Crippen LogP contribution in [0, 0.1) is 11.8 Å². The van der Waals surface area contributed by atoms with Crippen molar-refractivity contribution in [2.24, 2.45) is 11.8 Å². The zero-order valence-electron chi connectivity index (χ0n) is 20.2. The van der Waals surface area contributed by atoms with Crippen LogP contribution in [0.15, 0.2) is 54.6 Å². The molecule has 0 spiro atoms. The van der Waals surface area contributed by atoms with E-state index >= 15 is 0 Å². The van der Waals surface area contributed by atoms with Crippen LogP contribution in [-0.4, -0.2) is 58.0 Å². The van der Waals surface area contributed by atoms with Crippen LogP contribution in [0.4, 0.5) is 0 Å². The molecule has 2 aromatic carbocycles. The van der Waals surface area contributed by atoms with E-state index in [1.807, 2.05) is 36.4 Å². The smallest absolute Gasteiger partial charge is 0.236 e. The summed E-state index contributed by atoms with van der Waals surface area (Å²) in [6, 6.07) is 18.3. The lowest BCUT2D eigenvalue weighted by Crippen LogP contribution is -2.46. The fourth-order valence-corrected chi connectivity index (χ4v) is 5.24. The number of ether oxygens (including phenoxy) is 1. The number of carbonyl (C=O) groups excluding carboxylic acids is 1. The molecule has 0 saturated carbocycles. The van der Waals surface area contributed by atoms with E-state index < -0.39 is 0 Å². The van der Waals surface area contributed by atoms with Crippen molar-refractivity contribution in [2.45, 2.75) is 45.8 Å². The van der Waals surface area contributed by atoms with E-state index in [1.165, 1.54) is 5.52 Å². The fraction of sp³-hybridized carbons (Fsp3) is 0.500. The summed E-state index contributed by atoms with van der Waals surface area (Å²) in [7, 11) is 0. The quantitative estimate of drug-likeness (QED) is 0.518. The fourth-order valence-electron chi connectivity index (χ4n) is 5.24. The van der Waals surface area contributed by atoms with E-state index in [2.05, 4.69) is 39.5 Å². The molecule has 6 heteroatoms. The molecule has 0 bridgehead atoms. The van der Waals surface area contributed by atoms with Crippen molar-refractivity contribution in [3.63, 3.8) is 0 Å². The summed E-state index contributed by atoms with van der Waals surface area (Å²) in [5.41, 5.74) is 2.19. The van der Waals surface area contributed by atoms with Crippen LogP contribution in [0.25, 0.3) is 11.0 Å². The molecular formula is C28H36N4O2. The third-order valence-electron chi connectivity index (χ3n) is 7.49. The number of carbonyl (C=O) groups is 1. The molecule has 0 radical (unpaired) electrons. The van der Waals surface area contributed by atoms with Gasteiger partial charge in [0, 0.05) is 19.6 Å². The van der Waals surface area contributed by atoms with Crippen molar-refractivity contribution in [1.29, 1.82) is 0 Å². The molecule has 5 rings (SSSR count). The zero-order chi connectivity index (χ0) is 23.3. The van der Waals surface area contributed by atoms with E-state index in [0.29, 0.717) is 25.0 Å². The van der Waals surface area contributed by atoms with Crippen LogP contribution >= 0.6 is 0 Å². The summed E-state index contributed by atoms with van der Waals surface area (Å²) in [4.78, 5) is 22.1. The standard InChI is InChI=1S/C28H36N4O2/c1-22-11-17-31(18-12-22)28(33)20-30-15-13-23(14-16-30)19-32-26-10-6-5-9-25(26)29-27(32)21-34-24-7-3-2-4-8-24/h2-10,22-23H,11-21H2,1H3. The summed E-state index contributed by atoms with van der Waals surface area (Å²) in [5.74, 6) is 3.48. The Morgan fingerprint density at radius 3 is 2.41 bits per heavy atom. The molecule has 0 atom stereocenters. The van der Waals surface area contributed by atoms with Crippen molar-refractivity contribution in [3.8, 4) is 5.75 Å². The third kappa shape index (κ3) is 5.44. The second-order valence-corrected chi connectivity index (χ2v) is 10.0. The van der Waals surface area contributed by atoms with E-state index in [-0.39, 0.29) is 0 Å². The number of aromatic nitrogens is 2. The number of nitrogens with zero attached hydrogens (tertiary/aromatic N) is 4. The maximum absolute atomic E-state index is 12.7. The highest BCUT2D eigenvalue weighted by atomic mass is 16.5. The molecule has 1 amide bonds. The van der Waals surface area contributed by atoms with Crippen LogP contribution in [0.3, 0.4) is 0 Å². The normalized spacial score (nSPS) is 18.4. The van der Waals surface area contributed by atoms with Gasteiger partial charge in [0.15, 0.2) is 0 Å². The molecule has 34 heavy (non-hydrogen) atoms. The van der Waals surface area contributed by atoms with Gasteiger partial charge in [-0.05, 0) is 74.9 Å². The number of likely N-dealkylation sites (tertiary alicyclic amines) is 2. The molecule has 6 nitrogen and oxygen atoms in total. The third-order valence-corrected chi connectivity index (χ3v) is 7.49. The number of benzene rings is 2. The van der Waals surface area contributed by atoms with Gasteiger partial charge in [-0.3, -0.25) is 9.69 Å². The number of fused-ring (bicyclic) bond motifs is 1. The molecule has 2 aliphatic heterocycles. The van der Waals surface area contributed by atoms with Gasteiger partial charge in [-0.2, -0.15) is 0 Å². The van der Waals surface area contributed by atoms with Crippen LogP contribution in [0.5, 0.6) is 5.75 Å². The predicted molar refractivity (Wildman–Crippen MR) is 135 cm³/mol. The van der Waals surface area contributed by atoms with E-state index in [1.54, 1.807) is 0 Å². The first-order valence-corrected chi connectivity index (χ1v) is 12.8. The SMILES string of the molecule is CC1CCN(C(=O)CN2CCC(Cn3c(COc4ccccc4)nc4ccccc43)CC2)CC1. The van der Waals surface area contributed by atoms with E-state index in [4.69, 9.17) is 9.72 Å². The van der Waals surface area contributed by atoms with Gasteiger partial charge in [0.1, 0.15) is 18.2 Å². The van der Waals surface area contributed by atoms with Crippen molar-refractivity contribution < 1.29 is 9.53 Å². The Morgan fingerprint density at radius 1 is 0.941 bits per heavy atom. The van der Waals surface area contributed by atoms with Gasteiger partial charge in [-0.1, -0.05) is 37.3 Å². The molecule has 2 saturated heterocycles. The molecule has 3 heterocycles. The Hall–Kier alpha value is -2.86. The van der Waals surface area contributed by atoms with Crippen molar-refractivity contribution in [2.75, 3.05) is 32.7 Å². The van der Waals surface area contributed by atoms with Gasteiger partial charge < -0.3 is 14.2 Å². The maximum Gasteiger partial charge on any atom is 0.236 e. The summed E-state index contributed by atoms with van der Waals surface area (Å²) >= 11 is 0. The number of amides is 1. The van der Waals surface area contributed by atoms with Crippen LogP contribution < -0.4 is 4.74 Å². The first-order chi connectivity index (χ1) is 16.7. The highest BCUT2D eigenvalue weighted by Gasteiger charge is 2.26. The molecule has 2 aliphatic rings. The molecule has 2 fully saturated rings. The van der Waals surface area contributed by atoms with Crippen molar-refractivity contribution >= 4 is 16.9 Å². The summed E-state index contributed by atoms with van der Waals surface area (Å²) < 4.78 is 8.39. The second kappa shape index (κ2) is 10.6. The minimum absolute atomic E-state index is 0.311. The molecule has 180 valence electrons. The van der Waals surface area contributed by atoms with E-state index in [0.717, 1.165) is 81.4 Å². The highest BCUT2D eigenvalue weighted by Crippen LogP contribution is 2.25. The Balaban J connectivity index is 1.19. The Kier molecular flexibility index (Phi) is 7.14. The number of para-hydroxylation sites is 3. The predicted octanol–water partition coefficient (Wildman–Crippen LogP) is 4.59. The zero-order valence-corrected chi connectivity index (χ0v) is 20.2. The topological polar surface area (TPSA) is 50.6 Å². The molecule has 0 aliphatic carbocycles. The number of imidazole rings is 1.